The number of benzene rings is 1. The molecule has 3 rings (SSSR count). The number of carbonyl (C=O) groups is 1. The zero-order valence-electron chi connectivity index (χ0n) is 13.3. The van der Waals surface area contributed by atoms with E-state index in [-0.39, 0.29) is 12.3 Å². The molecule has 0 atom stereocenters. The van der Waals surface area contributed by atoms with Crippen molar-refractivity contribution in [3.63, 3.8) is 0 Å². The molecule has 1 aromatic carbocycles. The summed E-state index contributed by atoms with van der Waals surface area (Å²) in [5.41, 5.74) is 1.00. The second kappa shape index (κ2) is 7.27. The van der Waals surface area contributed by atoms with Gasteiger partial charge in [-0.05, 0) is 24.3 Å². The summed E-state index contributed by atoms with van der Waals surface area (Å²) >= 11 is 1.53. The number of anilines is 1. The summed E-state index contributed by atoms with van der Waals surface area (Å²) in [5.74, 6) is 0.704. The Kier molecular flexibility index (Phi) is 4.91. The number of nitriles is 1. The molecule has 0 aliphatic carbocycles. The van der Waals surface area contributed by atoms with E-state index in [1.165, 1.54) is 11.3 Å². The monoisotopic (exact) mass is 343 g/mol. The standard InChI is InChI=1S/C16H17N5O2S/c1-23-13-4-2-12(3-5-13)15-18-19-16(24-15)21-10-8-20(9-11-21)14(22)6-7-17/h2-5H,6,8-11H2,1H3. The summed E-state index contributed by atoms with van der Waals surface area (Å²) in [6.07, 6.45) is -0.0551. The Hall–Kier alpha value is -2.66. The van der Waals surface area contributed by atoms with Gasteiger partial charge in [0, 0.05) is 31.7 Å². The van der Waals surface area contributed by atoms with Crippen molar-refractivity contribution < 1.29 is 9.53 Å². The summed E-state index contributed by atoms with van der Waals surface area (Å²) in [7, 11) is 1.64. The molecule has 2 heterocycles. The first-order valence-electron chi connectivity index (χ1n) is 7.59. The third-order valence-corrected chi connectivity index (χ3v) is 4.92. The molecule has 1 aliphatic rings. The highest BCUT2D eigenvalue weighted by molar-refractivity contribution is 7.18. The SMILES string of the molecule is COc1ccc(-c2nnc(N3CCN(C(=O)CC#N)CC3)s2)cc1. The average molecular weight is 343 g/mol. The number of aromatic nitrogens is 2. The Morgan fingerprint density at radius 2 is 1.96 bits per heavy atom. The zero-order valence-corrected chi connectivity index (χ0v) is 14.1. The topological polar surface area (TPSA) is 82.4 Å². The van der Waals surface area contributed by atoms with Gasteiger partial charge in [0.2, 0.25) is 11.0 Å². The zero-order chi connectivity index (χ0) is 16.9. The van der Waals surface area contributed by atoms with Crippen molar-refractivity contribution in [3.05, 3.63) is 24.3 Å². The Balaban J connectivity index is 1.64. The molecule has 0 radical (unpaired) electrons. The van der Waals surface area contributed by atoms with Crippen LogP contribution in [0.1, 0.15) is 6.42 Å². The lowest BCUT2D eigenvalue weighted by Crippen LogP contribution is -2.48. The number of carbonyl (C=O) groups excluding carboxylic acids is 1. The van der Waals surface area contributed by atoms with Crippen molar-refractivity contribution in [2.24, 2.45) is 0 Å². The molecule has 0 N–H and O–H groups in total. The normalized spacial score (nSPS) is 14.3. The van der Waals surface area contributed by atoms with Gasteiger partial charge in [0.1, 0.15) is 17.2 Å². The summed E-state index contributed by atoms with van der Waals surface area (Å²) < 4.78 is 5.16. The van der Waals surface area contributed by atoms with E-state index in [2.05, 4.69) is 15.1 Å². The maximum atomic E-state index is 11.7. The van der Waals surface area contributed by atoms with E-state index in [4.69, 9.17) is 10.00 Å². The third-order valence-electron chi connectivity index (χ3n) is 3.88. The lowest BCUT2D eigenvalue weighted by molar-refractivity contribution is -0.130. The third kappa shape index (κ3) is 3.46. The van der Waals surface area contributed by atoms with Gasteiger partial charge in [-0.1, -0.05) is 11.3 Å². The predicted octanol–water partition coefficient (Wildman–Crippen LogP) is 1.78. The predicted molar refractivity (Wildman–Crippen MR) is 90.9 cm³/mol. The number of rotatable bonds is 4. The molecule has 1 fully saturated rings. The molecular weight excluding hydrogens is 326 g/mol. The molecule has 0 unspecified atom stereocenters. The van der Waals surface area contributed by atoms with Gasteiger partial charge in [-0.15, -0.1) is 10.2 Å². The molecule has 1 amide bonds. The minimum Gasteiger partial charge on any atom is -0.497 e. The minimum absolute atomic E-state index is 0.0551. The molecule has 8 heteroatoms. The van der Waals surface area contributed by atoms with Gasteiger partial charge in [0.25, 0.3) is 0 Å². The molecule has 1 aromatic heterocycles. The highest BCUT2D eigenvalue weighted by Crippen LogP contribution is 2.30. The van der Waals surface area contributed by atoms with Crippen LogP contribution >= 0.6 is 11.3 Å². The molecule has 24 heavy (non-hydrogen) atoms. The van der Waals surface area contributed by atoms with Gasteiger partial charge in [-0.2, -0.15) is 5.26 Å². The first kappa shape index (κ1) is 16.2. The van der Waals surface area contributed by atoms with E-state index in [1.807, 2.05) is 30.3 Å². The van der Waals surface area contributed by atoms with Crippen LogP contribution in [0.4, 0.5) is 5.13 Å². The molecule has 0 spiro atoms. The highest BCUT2D eigenvalue weighted by Gasteiger charge is 2.23. The van der Waals surface area contributed by atoms with Crippen LogP contribution in [0, 0.1) is 11.3 Å². The Bertz CT molecular complexity index is 745. The molecule has 0 saturated carbocycles. The molecule has 1 saturated heterocycles. The van der Waals surface area contributed by atoms with Crippen LogP contribution in [0.15, 0.2) is 24.3 Å². The fourth-order valence-electron chi connectivity index (χ4n) is 2.52. The van der Waals surface area contributed by atoms with Crippen molar-refractivity contribution >= 4 is 22.4 Å². The van der Waals surface area contributed by atoms with E-state index in [0.717, 1.165) is 21.5 Å². The van der Waals surface area contributed by atoms with E-state index in [9.17, 15) is 4.79 Å². The Morgan fingerprint density at radius 3 is 2.58 bits per heavy atom. The van der Waals surface area contributed by atoms with Gasteiger partial charge in [0.05, 0.1) is 13.2 Å². The van der Waals surface area contributed by atoms with Gasteiger partial charge in [0.15, 0.2) is 0 Å². The minimum atomic E-state index is -0.103. The van der Waals surface area contributed by atoms with E-state index in [1.54, 1.807) is 12.0 Å². The Morgan fingerprint density at radius 1 is 1.25 bits per heavy atom. The fourth-order valence-corrected chi connectivity index (χ4v) is 3.42. The van der Waals surface area contributed by atoms with Crippen molar-refractivity contribution in [2.45, 2.75) is 6.42 Å². The highest BCUT2D eigenvalue weighted by atomic mass is 32.1. The van der Waals surface area contributed by atoms with E-state index >= 15 is 0 Å². The van der Waals surface area contributed by atoms with Gasteiger partial charge in [-0.25, -0.2) is 0 Å². The second-order valence-electron chi connectivity index (χ2n) is 5.32. The van der Waals surface area contributed by atoms with Crippen LogP contribution in [0.2, 0.25) is 0 Å². The lowest BCUT2D eigenvalue weighted by Gasteiger charge is -2.33. The first-order valence-corrected chi connectivity index (χ1v) is 8.40. The van der Waals surface area contributed by atoms with E-state index < -0.39 is 0 Å². The number of ether oxygens (including phenoxy) is 1. The molecule has 1 aliphatic heterocycles. The van der Waals surface area contributed by atoms with Gasteiger partial charge in [-0.3, -0.25) is 4.79 Å². The number of piperazine rings is 1. The maximum Gasteiger partial charge on any atom is 0.236 e. The molecule has 0 bridgehead atoms. The van der Waals surface area contributed by atoms with Crippen LogP contribution in [0.3, 0.4) is 0 Å². The number of hydrogen-bond acceptors (Lipinski definition) is 7. The van der Waals surface area contributed by atoms with Crippen molar-refractivity contribution in [1.29, 1.82) is 5.26 Å². The molecule has 124 valence electrons. The van der Waals surface area contributed by atoms with E-state index in [0.29, 0.717) is 26.2 Å². The molecule has 7 nitrogen and oxygen atoms in total. The maximum absolute atomic E-state index is 11.7. The van der Waals surface area contributed by atoms with Crippen molar-refractivity contribution in [2.75, 3.05) is 38.2 Å². The Labute approximate surface area is 144 Å². The van der Waals surface area contributed by atoms with Crippen LogP contribution in [-0.2, 0) is 4.79 Å². The fraction of sp³-hybridized carbons (Fsp3) is 0.375. The van der Waals surface area contributed by atoms with Crippen LogP contribution in [0.25, 0.3) is 10.6 Å². The van der Waals surface area contributed by atoms with Crippen LogP contribution in [-0.4, -0.2) is 54.3 Å². The van der Waals surface area contributed by atoms with Crippen molar-refractivity contribution in [3.8, 4) is 22.4 Å². The lowest BCUT2D eigenvalue weighted by atomic mass is 10.2. The second-order valence-corrected chi connectivity index (χ2v) is 6.28. The average Bonchev–Trinajstić information content (AvgIpc) is 3.12. The summed E-state index contributed by atoms with van der Waals surface area (Å²) in [4.78, 5) is 15.6. The summed E-state index contributed by atoms with van der Waals surface area (Å²) in [6, 6.07) is 9.62. The summed E-state index contributed by atoms with van der Waals surface area (Å²) in [6.45, 7) is 2.62. The van der Waals surface area contributed by atoms with Gasteiger partial charge < -0.3 is 14.5 Å². The van der Waals surface area contributed by atoms with Gasteiger partial charge >= 0.3 is 0 Å². The smallest absolute Gasteiger partial charge is 0.236 e. The first-order chi connectivity index (χ1) is 11.7. The van der Waals surface area contributed by atoms with Crippen LogP contribution < -0.4 is 9.64 Å². The molecule has 2 aromatic rings. The quantitative estimate of drug-likeness (QED) is 0.841. The van der Waals surface area contributed by atoms with Crippen LogP contribution in [0.5, 0.6) is 5.75 Å². The summed E-state index contributed by atoms with van der Waals surface area (Å²) in [5, 5.41) is 18.9. The number of methoxy groups -OCH3 is 1. The number of hydrogen-bond donors (Lipinski definition) is 0. The largest absolute Gasteiger partial charge is 0.497 e. The number of amides is 1. The van der Waals surface area contributed by atoms with Crippen molar-refractivity contribution in [1.82, 2.24) is 15.1 Å². The number of nitrogens with zero attached hydrogens (tertiary/aromatic N) is 5. The molecular formula is C16H17N5O2S.